The standard InChI is InChI=1S/C13H22BrNS/c1-4-5-6-11(15-10(2)3)9-12-7-8-13(14)16-12/h7-8,10-11,15H,4-6,9H2,1-3H3. The summed E-state index contributed by atoms with van der Waals surface area (Å²) in [6.07, 6.45) is 5.04. The number of halogens is 1. The van der Waals surface area contributed by atoms with E-state index in [1.54, 1.807) is 0 Å². The molecule has 1 aromatic rings. The zero-order chi connectivity index (χ0) is 12.0. The van der Waals surface area contributed by atoms with Crippen molar-refractivity contribution in [3.8, 4) is 0 Å². The van der Waals surface area contributed by atoms with Crippen LogP contribution in [0.2, 0.25) is 0 Å². The van der Waals surface area contributed by atoms with Gasteiger partial charge in [0.15, 0.2) is 0 Å². The lowest BCUT2D eigenvalue weighted by molar-refractivity contribution is 0.426. The molecule has 0 bridgehead atoms. The van der Waals surface area contributed by atoms with Crippen LogP contribution in [-0.2, 0) is 6.42 Å². The Kier molecular flexibility index (Phi) is 6.62. The SMILES string of the molecule is CCCCC(Cc1ccc(Br)s1)NC(C)C. The molecule has 0 aliphatic rings. The molecule has 0 aliphatic carbocycles. The molecule has 0 radical (unpaired) electrons. The maximum Gasteiger partial charge on any atom is 0.0701 e. The van der Waals surface area contributed by atoms with Crippen molar-refractivity contribution in [1.82, 2.24) is 5.32 Å². The average Bonchev–Trinajstić information content (AvgIpc) is 2.59. The number of thiophene rings is 1. The summed E-state index contributed by atoms with van der Waals surface area (Å²) in [4.78, 5) is 1.47. The van der Waals surface area contributed by atoms with E-state index in [-0.39, 0.29) is 0 Å². The third-order valence-electron chi connectivity index (χ3n) is 2.55. The third kappa shape index (κ3) is 5.46. The fourth-order valence-corrected chi connectivity index (χ4v) is 3.43. The third-order valence-corrected chi connectivity index (χ3v) is 4.20. The predicted octanol–water partition coefficient (Wildman–Crippen LogP) is 4.61. The van der Waals surface area contributed by atoms with E-state index in [1.807, 2.05) is 11.3 Å². The van der Waals surface area contributed by atoms with Gasteiger partial charge in [0.05, 0.1) is 3.79 Å². The van der Waals surface area contributed by atoms with Gasteiger partial charge in [0.25, 0.3) is 0 Å². The number of hydrogen-bond donors (Lipinski definition) is 1. The molecule has 0 saturated heterocycles. The van der Waals surface area contributed by atoms with Crippen LogP contribution in [0.3, 0.4) is 0 Å². The van der Waals surface area contributed by atoms with Crippen LogP contribution in [0, 0.1) is 0 Å². The molecule has 1 unspecified atom stereocenters. The summed E-state index contributed by atoms with van der Waals surface area (Å²) < 4.78 is 1.24. The first-order chi connectivity index (χ1) is 7.61. The van der Waals surface area contributed by atoms with Crippen LogP contribution in [0.1, 0.15) is 44.9 Å². The van der Waals surface area contributed by atoms with Gasteiger partial charge in [-0.1, -0.05) is 33.6 Å². The number of nitrogens with one attached hydrogen (secondary N) is 1. The van der Waals surface area contributed by atoms with Crippen molar-refractivity contribution in [2.45, 2.75) is 58.5 Å². The van der Waals surface area contributed by atoms with Gasteiger partial charge in [0.1, 0.15) is 0 Å². The van der Waals surface area contributed by atoms with Crippen LogP contribution in [0.15, 0.2) is 15.9 Å². The Morgan fingerprint density at radius 1 is 1.38 bits per heavy atom. The zero-order valence-electron chi connectivity index (χ0n) is 10.4. The minimum atomic E-state index is 0.574. The van der Waals surface area contributed by atoms with Gasteiger partial charge in [0.2, 0.25) is 0 Å². The van der Waals surface area contributed by atoms with E-state index in [0.29, 0.717) is 12.1 Å². The lowest BCUT2D eigenvalue weighted by atomic mass is 10.0. The Bertz CT molecular complexity index is 296. The van der Waals surface area contributed by atoms with E-state index in [1.165, 1.54) is 27.9 Å². The molecule has 1 N–H and O–H groups in total. The average molecular weight is 304 g/mol. The molecule has 1 nitrogen and oxygen atoms in total. The highest BCUT2D eigenvalue weighted by Gasteiger charge is 2.11. The first-order valence-electron chi connectivity index (χ1n) is 6.12. The highest BCUT2D eigenvalue weighted by molar-refractivity contribution is 9.11. The Hall–Kier alpha value is 0.140. The van der Waals surface area contributed by atoms with Crippen molar-refractivity contribution < 1.29 is 0 Å². The molecule has 0 fully saturated rings. The van der Waals surface area contributed by atoms with Gasteiger partial charge in [-0.05, 0) is 40.9 Å². The smallest absolute Gasteiger partial charge is 0.0701 e. The molecular weight excluding hydrogens is 282 g/mol. The largest absolute Gasteiger partial charge is 0.311 e. The van der Waals surface area contributed by atoms with E-state index in [2.05, 4.69) is 54.2 Å². The fraction of sp³-hybridized carbons (Fsp3) is 0.692. The number of unbranched alkanes of at least 4 members (excludes halogenated alkanes) is 1. The van der Waals surface area contributed by atoms with E-state index in [4.69, 9.17) is 0 Å². The van der Waals surface area contributed by atoms with Crippen LogP contribution in [0.5, 0.6) is 0 Å². The van der Waals surface area contributed by atoms with Crippen molar-refractivity contribution in [3.05, 3.63) is 20.8 Å². The molecule has 1 heterocycles. The highest BCUT2D eigenvalue weighted by atomic mass is 79.9. The van der Waals surface area contributed by atoms with E-state index < -0.39 is 0 Å². The predicted molar refractivity (Wildman–Crippen MR) is 77.3 cm³/mol. The molecule has 0 aliphatic heterocycles. The van der Waals surface area contributed by atoms with Crippen LogP contribution >= 0.6 is 27.3 Å². The summed E-state index contributed by atoms with van der Waals surface area (Å²) in [5.74, 6) is 0. The molecule has 1 rings (SSSR count). The topological polar surface area (TPSA) is 12.0 Å². The molecule has 92 valence electrons. The van der Waals surface area contributed by atoms with E-state index in [9.17, 15) is 0 Å². The number of rotatable bonds is 7. The summed E-state index contributed by atoms with van der Waals surface area (Å²) in [6.45, 7) is 6.71. The maximum absolute atomic E-state index is 3.66. The summed E-state index contributed by atoms with van der Waals surface area (Å²) in [7, 11) is 0. The molecule has 0 saturated carbocycles. The lowest BCUT2D eigenvalue weighted by Crippen LogP contribution is -2.36. The molecule has 0 amide bonds. The minimum absolute atomic E-state index is 0.574. The molecule has 1 aromatic heterocycles. The van der Waals surface area contributed by atoms with Crippen molar-refractivity contribution in [2.24, 2.45) is 0 Å². The van der Waals surface area contributed by atoms with Crippen LogP contribution in [0.4, 0.5) is 0 Å². The van der Waals surface area contributed by atoms with Crippen molar-refractivity contribution in [1.29, 1.82) is 0 Å². The first-order valence-corrected chi connectivity index (χ1v) is 7.73. The normalized spacial score (nSPS) is 13.3. The Morgan fingerprint density at radius 2 is 2.12 bits per heavy atom. The van der Waals surface area contributed by atoms with Crippen LogP contribution < -0.4 is 5.32 Å². The quantitative estimate of drug-likeness (QED) is 0.775. The zero-order valence-corrected chi connectivity index (χ0v) is 12.8. The molecule has 16 heavy (non-hydrogen) atoms. The summed E-state index contributed by atoms with van der Waals surface area (Å²) in [5.41, 5.74) is 0. The second-order valence-corrected chi connectivity index (χ2v) is 7.12. The summed E-state index contributed by atoms with van der Waals surface area (Å²) >= 11 is 5.38. The monoisotopic (exact) mass is 303 g/mol. The maximum atomic E-state index is 3.66. The van der Waals surface area contributed by atoms with E-state index in [0.717, 1.165) is 6.42 Å². The Morgan fingerprint density at radius 3 is 2.62 bits per heavy atom. The molecule has 3 heteroatoms. The van der Waals surface area contributed by atoms with Crippen LogP contribution in [0.25, 0.3) is 0 Å². The summed E-state index contributed by atoms with van der Waals surface area (Å²) in [6, 6.07) is 5.58. The van der Waals surface area contributed by atoms with Gasteiger partial charge in [-0.3, -0.25) is 0 Å². The van der Waals surface area contributed by atoms with Gasteiger partial charge in [-0.25, -0.2) is 0 Å². The molecule has 0 aromatic carbocycles. The van der Waals surface area contributed by atoms with Gasteiger partial charge in [0, 0.05) is 17.0 Å². The lowest BCUT2D eigenvalue weighted by Gasteiger charge is -2.20. The second kappa shape index (κ2) is 7.46. The van der Waals surface area contributed by atoms with Gasteiger partial charge < -0.3 is 5.32 Å². The molecule has 1 atom stereocenters. The second-order valence-electron chi connectivity index (χ2n) is 4.57. The van der Waals surface area contributed by atoms with E-state index >= 15 is 0 Å². The van der Waals surface area contributed by atoms with Crippen molar-refractivity contribution >= 4 is 27.3 Å². The van der Waals surface area contributed by atoms with Gasteiger partial charge in [-0.15, -0.1) is 11.3 Å². The van der Waals surface area contributed by atoms with Gasteiger partial charge in [-0.2, -0.15) is 0 Å². The Balaban J connectivity index is 2.48. The minimum Gasteiger partial charge on any atom is -0.311 e. The fourth-order valence-electron chi connectivity index (χ4n) is 1.87. The molecule has 0 spiro atoms. The summed E-state index contributed by atoms with van der Waals surface area (Å²) in [5, 5.41) is 3.66. The van der Waals surface area contributed by atoms with Crippen LogP contribution in [-0.4, -0.2) is 12.1 Å². The van der Waals surface area contributed by atoms with Gasteiger partial charge >= 0.3 is 0 Å². The highest BCUT2D eigenvalue weighted by Crippen LogP contribution is 2.24. The number of hydrogen-bond acceptors (Lipinski definition) is 2. The Labute approximate surface area is 112 Å². The first kappa shape index (κ1) is 14.2. The van der Waals surface area contributed by atoms with Crippen molar-refractivity contribution in [2.75, 3.05) is 0 Å². The molecular formula is C13H22BrNS. The van der Waals surface area contributed by atoms with Crippen molar-refractivity contribution in [3.63, 3.8) is 0 Å².